The Kier molecular flexibility index (Phi) is 41.9. The van der Waals surface area contributed by atoms with Crippen molar-refractivity contribution in [3.8, 4) is 0 Å². The predicted molar refractivity (Wildman–Crippen MR) is 284 cm³/mol. The molecular weight excluding hydrogens is 973 g/mol. The third-order valence-corrected chi connectivity index (χ3v) is 13.4. The zero-order valence-corrected chi connectivity index (χ0v) is 48.4. The van der Waals surface area contributed by atoms with E-state index in [1.54, 1.807) is 27.7 Å². The average Bonchev–Trinajstić information content (AvgIpc) is 3.39. The van der Waals surface area contributed by atoms with Gasteiger partial charge in [0, 0.05) is 26.1 Å². The van der Waals surface area contributed by atoms with Crippen LogP contribution in [-0.2, 0) is 76.3 Å². The SMILES string of the molecule is CCCCC(CC)COC(=O)C(CC)CCC(C)(C)C(=O)OCCOC(=O)C(C)OCC(=O)CCCCCO.CCCCOC(=O)[C@](C)(CC)CCC(C)(C)C(=O)OCCOC(=O)C(C)OCC(=O)CCCCCO. The van der Waals surface area contributed by atoms with Gasteiger partial charge in [-0.2, -0.15) is 0 Å². The topological polar surface area (TPSA) is 251 Å². The van der Waals surface area contributed by atoms with Crippen molar-refractivity contribution in [3.05, 3.63) is 0 Å². The molecule has 0 heterocycles. The first-order valence-corrected chi connectivity index (χ1v) is 27.9. The maximum Gasteiger partial charge on any atom is 0.335 e. The van der Waals surface area contributed by atoms with Gasteiger partial charge in [-0.15, -0.1) is 0 Å². The Balaban J connectivity index is 0. The Bertz CT molecular complexity index is 1610. The van der Waals surface area contributed by atoms with E-state index in [0.717, 1.165) is 51.4 Å². The molecule has 4 unspecified atom stereocenters. The lowest BCUT2D eigenvalue weighted by Gasteiger charge is -2.30. The van der Waals surface area contributed by atoms with Crippen LogP contribution in [-0.4, -0.2) is 136 Å². The summed E-state index contributed by atoms with van der Waals surface area (Å²) in [4.78, 5) is 98.0. The highest BCUT2D eigenvalue weighted by Gasteiger charge is 2.38. The second kappa shape index (κ2) is 43.0. The van der Waals surface area contributed by atoms with E-state index in [-0.39, 0.29) is 82.3 Å². The van der Waals surface area contributed by atoms with Gasteiger partial charge in [0.25, 0.3) is 0 Å². The van der Waals surface area contributed by atoms with E-state index in [9.17, 15) is 38.4 Å². The Hall–Kier alpha value is -4.00. The quantitative estimate of drug-likeness (QED) is 0.0327. The Morgan fingerprint density at radius 2 is 0.907 bits per heavy atom. The summed E-state index contributed by atoms with van der Waals surface area (Å²) in [6.45, 7) is 22.3. The smallest absolute Gasteiger partial charge is 0.335 e. The summed E-state index contributed by atoms with van der Waals surface area (Å²) in [5.74, 6) is -2.70. The van der Waals surface area contributed by atoms with E-state index in [0.29, 0.717) is 96.2 Å². The van der Waals surface area contributed by atoms with Gasteiger partial charge in [-0.1, -0.05) is 73.1 Å². The monoisotopic (exact) mass is 1070 g/mol. The predicted octanol–water partition coefficient (Wildman–Crippen LogP) is 9.36. The highest BCUT2D eigenvalue weighted by atomic mass is 16.6. The molecule has 0 saturated heterocycles. The van der Waals surface area contributed by atoms with Crippen molar-refractivity contribution < 1.29 is 86.5 Å². The number of aliphatic hydroxyl groups is 2. The number of hydrogen-bond acceptors (Lipinski definition) is 18. The Labute approximate surface area is 450 Å². The van der Waals surface area contributed by atoms with E-state index >= 15 is 0 Å². The summed E-state index contributed by atoms with van der Waals surface area (Å²) in [5, 5.41) is 17.5. The number of rotatable bonds is 45. The van der Waals surface area contributed by atoms with E-state index in [4.69, 9.17) is 48.1 Å². The first kappa shape index (κ1) is 73.1. The van der Waals surface area contributed by atoms with Crippen molar-refractivity contribution in [1.82, 2.24) is 0 Å². The van der Waals surface area contributed by atoms with Gasteiger partial charge in [-0.05, 0) is 131 Å². The molecule has 0 aliphatic carbocycles. The van der Waals surface area contributed by atoms with Gasteiger partial charge < -0.3 is 48.1 Å². The lowest BCUT2D eigenvalue weighted by molar-refractivity contribution is -0.165. The molecule has 0 bridgehead atoms. The zero-order valence-electron chi connectivity index (χ0n) is 48.4. The molecule has 0 aliphatic rings. The van der Waals surface area contributed by atoms with E-state index in [2.05, 4.69) is 13.8 Å². The molecule has 0 aromatic carbocycles. The summed E-state index contributed by atoms with van der Waals surface area (Å²) in [6, 6.07) is 0. The van der Waals surface area contributed by atoms with Crippen LogP contribution >= 0.6 is 0 Å². The lowest BCUT2D eigenvalue weighted by Crippen LogP contribution is -2.34. The van der Waals surface area contributed by atoms with E-state index in [1.807, 2.05) is 27.7 Å². The van der Waals surface area contributed by atoms with Crippen molar-refractivity contribution >= 4 is 47.4 Å². The van der Waals surface area contributed by atoms with E-state index < -0.39 is 52.3 Å². The number of ketones is 2. The zero-order chi connectivity index (χ0) is 57.3. The van der Waals surface area contributed by atoms with Crippen molar-refractivity contribution in [1.29, 1.82) is 0 Å². The number of unbranched alkanes of at least 4 members (excludes halogenated alkanes) is 6. The fraction of sp³-hybridized carbons (Fsp3) is 0.860. The van der Waals surface area contributed by atoms with Gasteiger partial charge >= 0.3 is 35.8 Å². The van der Waals surface area contributed by atoms with Crippen molar-refractivity contribution in [3.63, 3.8) is 0 Å². The number of esters is 6. The van der Waals surface area contributed by atoms with Gasteiger partial charge in [0.05, 0.1) is 35.4 Å². The minimum Gasteiger partial charge on any atom is -0.465 e. The molecule has 0 rings (SSSR count). The molecule has 438 valence electrons. The van der Waals surface area contributed by atoms with Crippen LogP contribution in [0.1, 0.15) is 212 Å². The summed E-state index contributed by atoms with van der Waals surface area (Å²) >= 11 is 0. The third-order valence-electron chi connectivity index (χ3n) is 13.4. The normalized spacial score (nSPS) is 13.9. The molecule has 5 atom stereocenters. The number of carbonyl (C=O) groups excluding carboxylic acids is 8. The van der Waals surface area contributed by atoms with Crippen LogP contribution in [0.2, 0.25) is 0 Å². The average molecular weight is 1080 g/mol. The molecule has 0 fully saturated rings. The van der Waals surface area contributed by atoms with Gasteiger partial charge in [0.1, 0.15) is 39.6 Å². The minimum atomic E-state index is -0.915. The molecule has 0 spiro atoms. The number of ether oxygens (including phenoxy) is 8. The lowest BCUT2D eigenvalue weighted by atomic mass is 9.76. The van der Waals surface area contributed by atoms with Gasteiger partial charge in [0.2, 0.25) is 0 Å². The highest BCUT2D eigenvalue weighted by molar-refractivity contribution is 5.81. The fourth-order valence-corrected chi connectivity index (χ4v) is 7.06. The molecular formula is C57H102O18. The summed E-state index contributed by atoms with van der Waals surface area (Å²) in [5.41, 5.74) is -2.30. The second-order valence-corrected chi connectivity index (χ2v) is 21.0. The maximum absolute atomic E-state index is 12.6. The summed E-state index contributed by atoms with van der Waals surface area (Å²) in [6.07, 6.45) is 12.3. The first-order valence-electron chi connectivity index (χ1n) is 27.9. The van der Waals surface area contributed by atoms with Gasteiger partial charge in [-0.25, -0.2) is 9.59 Å². The number of hydrogen-bond donors (Lipinski definition) is 2. The van der Waals surface area contributed by atoms with Crippen LogP contribution in [0, 0.1) is 28.1 Å². The largest absolute Gasteiger partial charge is 0.465 e. The third kappa shape index (κ3) is 35.1. The van der Waals surface area contributed by atoms with Crippen LogP contribution in [0.5, 0.6) is 0 Å². The maximum atomic E-state index is 12.6. The van der Waals surface area contributed by atoms with Crippen LogP contribution in [0.3, 0.4) is 0 Å². The van der Waals surface area contributed by atoms with Gasteiger partial charge in [0.15, 0.2) is 23.8 Å². The number of aliphatic hydroxyl groups excluding tert-OH is 2. The van der Waals surface area contributed by atoms with Crippen molar-refractivity contribution in [2.24, 2.45) is 28.1 Å². The molecule has 0 saturated carbocycles. The molecule has 0 aliphatic heterocycles. The number of Topliss-reactive ketones (excluding diaryl/α,β-unsaturated/α-hetero) is 2. The van der Waals surface area contributed by atoms with E-state index in [1.165, 1.54) is 13.8 Å². The second-order valence-electron chi connectivity index (χ2n) is 21.0. The molecule has 0 aromatic heterocycles. The summed E-state index contributed by atoms with van der Waals surface area (Å²) in [7, 11) is 0. The van der Waals surface area contributed by atoms with Crippen LogP contribution in [0.25, 0.3) is 0 Å². The standard InChI is InChI=1S/C30H54O9.C27H48O9/c1-7-10-14-24(8-2)21-39-28(34)25(9-3)16-17-30(5,6)29(35)37-20-19-36-27(33)23(4)38-22-26(32)15-12-11-13-18-31;1-7-9-17-34-25(32)27(6,8-2)15-14-26(4,5)24(31)35-19-18-33-23(30)21(3)36-20-22(29)13-11-10-12-16-28/h23-25,31H,7-22H2,1-6H3;21,28H,7-20H2,1-6H3/t;21?,27-/m.1/s1. The molecule has 0 aromatic rings. The summed E-state index contributed by atoms with van der Waals surface area (Å²) < 4.78 is 42.3. The molecule has 18 heteroatoms. The van der Waals surface area contributed by atoms with Crippen LogP contribution in [0.15, 0.2) is 0 Å². The molecule has 0 amide bonds. The van der Waals surface area contributed by atoms with Crippen molar-refractivity contribution in [2.45, 2.75) is 224 Å². The Morgan fingerprint density at radius 3 is 1.33 bits per heavy atom. The highest BCUT2D eigenvalue weighted by Crippen LogP contribution is 2.36. The fourth-order valence-electron chi connectivity index (χ4n) is 7.06. The van der Waals surface area contributed by atoms with Gasteiger partial charge in [-0.3, -0.25) is 28.8 Å². The molecule has 2 N–H and O–H groups in total. The molecule has 18 nitrogen and oxygen atoms in total. The minimum absolute atomic E-state index is 0.0973. The van der Waals surface area contributed by atoms with Crippen molar-refractivity contribution in [2.75, 3.05) is 66.1 Å². The van der Waals surface area contributed by atoms with Crippen LogP contribution < -0.4 is 0 Å². The molecule has 75 heavy (non-hydrogen) atoms. The van der Waals surface area contributed by atoms with Crippen LogP contribution in [0.4, 0.5) is 0 Å². The Morgan fingerprint density at radius 1 is 0.453 bits per heavy atom. The molecule has 0 radical (unpaired) electrons. The number of carbonyl (C=O) groups is 8. The first-order chi connectivity index (χ1) is 35.4.